The molecule has 2 unspecified atom stereocenters. The topological polar surface area (TPSA) is 35.2 Å². The molecule has 0 radical (unpaired) electrons. The largest absolute Gasteiger partial charge is 0.379 e. The minimum Gasteiger partial charge on any atom is -0.379 e. The fourth-order valence-corrected chi connectivity index (χ4v) is 3.50. The first-order valence-electron chi connectivity index (χ1n) is 5.35. The van der Waals surface area contributed by atoms with E-state index in [0.29, 0.717) is 11.3 Å². The lowest BCUT2D eigenvalue weighted by Crippen LogP contribution is -2.38. The van der Waals surface area contributed by atoms with Gasteiger partial charge >= 0.3 is 0 Å². The van der Waals surface area contributed by atoms with Gasteiger partial charge < -0.3 is 10.5 Å². The Labute approximate surface area is 84.6 Å². The van der Waals surface area contributed by atoms with E-state index in [1.165, 1.54) is 32.1 Å². The van der Waals surface area contributed by atoms with Crippen LogP contribution in [0.2, 0.25) is 0 Å². The molecule has 0 bridgehead atoms. The second kappa shape index (κ2) is 4.67. The van der Waals surface area contributed by atoms with Gasteiger partial charge in [0.2, 0.25) is 0 Å². The summed E-state index contributed by atoms with van der Waals surface area (Å²) in [7, 11) is 0. The van der Waals surface area contributed by atoms with Crippen LogP contribution in [-0.2, 0) is 4.74 Å². The Morgan fingerprint density at radius 1 is 1.08 bits per heavy atom. The normalized spacial score (nSPS) is 36.7. The van der Waals surface area contributed by atoms with E-state index < -0.39 is 0 Å². The summed E-state index contributed by atoms with van der Waals surface area (Å²) in [5.41, 5.74) is 6.14. The van der Waals surface area contributed by atoms with Crippen molar-refractivity contribution in [1.29, 1.82) is 0 Å². The van der Waals surface area contributed by atoms with E-state index in [0.717, 1.165) is 18.5 Å². The Kier molecular flexibility index (Phi) is 3.52. The standard InChI is InChI=1S/C10H19NOS/c11-9-4-2-1-3-5-10(9)13-8-6-12-7-8/h8-10H,1-7,11H2. The van der Waals surface area contributed by atoms with Crippen LogP contribution in [0.4, 0.5) is 0 Å². The van der Waals surface area contributed by atoms with Crippen molar-refractivity contribution in [3.63, 3.8) is 0 Å². The number of hydrogen-bond donors (Lipinski definition) is 1. The van der Waals surface area contributed by atoms with Crippen LogP contribution in [0.3, 0.4) is 0 Å². The van der Waals surface area contributed by atoms with Crippen molar-refractivity contribution in [2.24, 2.45) is 5.73 Å². The fraction of sp³-hybridized carbons (Fsp3) is 1.00. The number of hydrogen-bond acceptors (Lipinski definition) is 3. The molecule has 2 atom stereocenters. The van der Waals surface area contributed by atoms with Crippen molar-refractivity contribution in [3.05, 3.63) is 0 Å². The van der Waals surface area contributed by atoms with Crippen molar-refractivity contribution in [2.45, 2.75) is 48.6 Å². The van der Waals surface area contributed by atoms with E-state index in [2.05, 4.69) is 11.8 Å². The lowest BCUT2D eigenvalue weighted by atomic mass is 10.1. The molecule has 3 heteroatoms. The first-order chi connectivity index (χ1) is 6.36. The van der Waals surface area contributed by atoms with E-state index in [-0.39, 0.29) is 0 Å². The summed E-state index contributed by atoms with van der Waals surface area (Å²) < 4.78 is 5.18. The molecule has 1 aliphatic carbocycles. The van der Waals surface area contributed by atoms with Crippen molar-refractivity contribution in [1.82, 2.24) is 0 Å². The Hall–Kier alpha value is 0.270. The molecule has 2 rings (SSSR count). The maximum atomic E-state index is 6.14. The highest BCUT2D eigenvalue weighted by atomic mass is 32.2. The van der Waals surface area contributed by atoms with Crippen molar-refractivity contribution in [2.75, 3.05) is 13.2 Å². The van der Waals surface area contributed by atoms with Gasteiger partial charge in [-0.1, -0.05) is 19.3 Å². The molecule has 2 N–H and O–H groups in total. The molecule has 0 aromatic carbocycles. The molecule has 0 amide bonds. The third-order valence-corrected chi connectivity index (χ3v) is 4.57. The van der Waals surface area contributed by atoms with Crippen LogP contribution in [0.1, 0.15) is 32.1 Å². The maximum absolute atomic E-state index is 6.14. The molecule has 0 aromatic heterocycles. The van der Waals surface area contributed by atoms with Gasteiger partial charge in [-0.25, -0.2) is 0 Å². The highest BCUT2D eigenvalue weighted by molar-refractivity contribution is 8.00. The molecule has 2 nitrogen and oxygen atoms in total. The van der Waals surface area contributed by atoms with E-state index in [1.807, 2.05) is 0 Å². The summed E-state index contributed by atoms with van der Waals surface area (Å²) in [5.74, 6) is 0. The van der Waals surface area contributed by atoms with Gasteiger partial charge in [-0.15, -0.1) is 11.8 Å². The molecule has 13 heavy (non-hydrogen) atoms. The Balaban J connectivity index is 1.79. The molecule has 1 aliphatic heterocycles. The van der Waals surface area contributed by atoms with Gasteiger partial charge in [0, 0.05) is 11.3 Å². The summed E-state index contributed by atoms with van der Waals surface area (Å²) >= 11 is 2.08. The molecule has 2 aliphatic rings. The predicted octanol–water partition coefficient (Wildman–Crippen LogP) is 1.78. The zero-order valence-corrected chi connectivity index (χ0v) is 8.89. The Bertz CT molecular complexity index is 161. The van der Waals surface area contributed by atoms with Crippen LogP contribution < -0.4 is 5.73 Å². The molecule has 1 saturated heterocycles. The first-order valence-corrected chi connectivity index (χ1v) is 6.29. The average molecular weight is 201 g/mol. The van der Waals surface area contributed by atoms with E-state index in [4.69, 9.17) is 10.5 Å². The number of nitrogens with two attached hydrogens (primary N) is 1. The Morgan fingerprint density at radius 2 is 1.85 bits per heavy atom. The van der Waals surface area contributed by atoms with Gasteiger partial charge in [-0.05, 0) is 12.8 Å². The van der Waals surface area contributed by atoms with Gasteiger partial charge in [0.05, 0.1) is 18.5 Å². The molecular formula is C10H19NOS. The third-order valence-electron chi connectivity index (χ3n) is 2.98. The van der Waals surface area contributed by atoms with Gasteiger partial charge in [0.25, 0.3) is 0 Å². The summed E-state index contributed by atoms with van der Waals surface area (Å²) in [6.45, 7) is 1.90. The zero-order valence-electron chi connectivity index (χ0n) is 8.08. The van der Waals surface area contributed by atoms with Crippen molar-refractivity contribution in [3.8, 4) is 0 Å². The maximum Gasteiger partial charge on any atom is 0.0608 e. The number of thioether (sulfide) groups is 1. The average Bonchev–Trinajstić information content (AvgIpc) is 2.23. The monoisotopic (exact) mass is 201 g/mol. The summed E-state index contributed by atoms with van der Waals surface area (Å²) in [4.78, 5) is 0. The highest BCUT2D eigenvalue weighted by Crippen LogP contribution is 2.32. The highest BCUT2D eigenvalue weighted by Gasteiger charge is 2.27. The summed E-state index contributed by atoms with van der Waals surface area (Å²) in [5, 5.41) is 1.45. The fourth-order valence-electron chi connectivity index (χ4n) is 2.01. The molecule has 76 valence electrons. The first kappa shape index (κ1) is 9.81. The molecule has 1 saturated carbocycles. The smallest absolute Gasteiger partial charge is 0.0608 e. The summed E-state index contributed by atoms with van der Waals surface area (Å²) in [6.07, 6.45) is 6.64. The van der Waals surface area contributed by atoms with E-state index in [1.54, 1.807) is 0 Å². The van der Waals surface area contributed by atoms with Gasteiger partial charge in [0.1, 0.15) is 0 Å². The Morgan fingerprint density at radius 3 is 2.54 bits per heavy atom. The van der Waals surface area contributed by atoms with Crippen molar-refractivity contribution < 1.29 is 4.74 Å². The van der Waals surface area contributed by atoms with Crippen LogP contribution in [0.25, 0.3) is 0 Å². The quantitative estimate of drug-likeness (QED) is 0.692. The SMILES string of the molecule is NC1CCCCCC1SC1COC1. The predicted molar refractivity (Wildman–Crippen MR) is 57.0 cm³/mol. The van der Waals surface area contributed by atoms with Crippen LogP contribution in [0.5, 0.6) is 0 Å². The van der Waals surface area contributed by atoms with Gasteiger partial charge in [-0.3, -0.25) is 0 Å². The van der Waals surface area contributed by atoms with Crippen LogP contribution in [0, 0.1) is 0 Å². The minimum atomic E-state index is 0.438. The minimum absolute atomic E-state index is 0.438. The molecule has 0 aromatic rings. The number of ether oxygens (including phenoxy) is 1. The second-order valence-corrected chi connectivity index (χ2v) is 5.68. The number of rotatable bonds is 2. The second-order valence-electron chi connectivity index (χ2n) is 4.14. The molecule has 0 spiro atoms. The lowest BCUT2D eigenvalue weighted by molar-refractivity contribution is 0.0452. The van der Waals surface area contributed by atoms with Crippen molar-refractivity contribution >= 4 is 11.8 Å². The molecule has 1 heterocycles. The summed E-state index contributed by atoms with van der Waals surface area (Å²) in [6, 6.07) is 0.438. The molecule has 2 fully saturated rings. The van der Waals surface area contributed by atoms with Crippen LogP contribution >= 0.6 is 11.8 Å². The van der Waals surface area contributed by atoms with Gasteiger partial charge in [-0.2, -0.15) is 0 Å². The van der Waals surface area contributed by atoms with E-state index >= 15 is 0 Å². The van der Waals surface area contributed by atoms with Crippen LogP contribution in [-0.4, -0.2) is 29.8 Å². The van der Waals surface area contributed by atoms with E-state index in [9.17, 15) is 0 Å². The van der Waals surface area contributed by atoms with Crippen LogP contribution in [0.15, 0.2) is 0 Å². The zero-order chi connectivity index (χ0) is 9.10. The lowest BCUT2D eigenvalue weighted by Gasteiger charge is -2.31. The molecular weight excluding hydrogens is 182 g/mol. The van der Waals surface area contributed by atoms with Gasteiger partial charge in [0.15, 0.2) is 0 Å². The third kappa shape index (κ3) is 2.61.